The number of hydrogen-bond donors (Lipinski definition) is 0. The van der Waals surface area contributed by atoms with Gasteiger partial charge in [-0.1, -0.05) is 41.9 Å². The van der Waals surface area contributed by atoms with Crippen molar-refractivity contribution in [2.45, 2.75) is 12.8 Å². The van der Waals surface area contributed by atoms with Gasteiger partial charge in [-0.25, -0.2) is 9.97 Å². The molecule has 0 spiro atoms. The van der Waals surface area contributed by atoms with Gasteiger partial charge >= 0.3 is 0 Å². The highest BCUT2D eigenvalue weighted by Gasteiger charge is 2.21. The minimum absolute atomic E-state index is 0.164. The van der Waals surface area contributed by atoms with Gasteiger partial charge in [-0.15, -0.1) is 0 Å². The van der Waals surface area contributed by atoms with Crippen molar-refractivity contribution in [2.24, 2.45) is 0 Å². The molecule has 3 aromatic rings. The Labute approximate surface area is 143 Å². The topological polar surface area (TPSA) is 54.8 Å². The zero-order chi connectivity index (χ0) is 15.8. The highest BCUT2D eigenvalue weighted by atomic mass is 35.5. The molecule has 2 aromatic heterocycles. The standard InChI is InChI=1S/C16H13Cl2N5/c17-13-11(10-6-2-1-3-7-10)19-12-14(20-13)21-16(18)22-15(12)23-8-4-5-9-23/h1-3,6-7H,4-5,8-9H2. The van der Waals surface area contributed by atoms with Crippen molar-refractivity contribution in [1.29, 1.82) is 0 Å². The lowest BCUT2D eigenvalue weighted by Crippen LogP contribution is -2.20. The Balaban J connectivity index is 1.95. The molecule has 0 bridgehead atoms. The second kappa shape index (κ2) is 5.91. The second-order valence-corrected chi connectivity index (χ2v) is 6.11. The highest BCUT2D eigenvalue weighted by Crippen LogP contribution is 2.31. The first-order valence-electron chi connectivity index (χ1n) is 7.43. The lowest BCUT2D eigenvalue weighted by molar-refractivity contribution is 0.933. The van der Waals surface area contributed by atoms with Crippen LogP contribution < -0.4 is 4.90 Å². The third kappa shape index (κ3) is 2.71. The molecule has 0 N–H and O–H groups in total. The maximum atomic E-state index is 6.31. The van der Waals surface area contributed by atoms with Crippen LogP contribution in [-0.2, 0) is 0 Å². The van der Waals surface area contributed by atoms with Crippen molar-refractivity contribution in [3.63, 3.8) is 0 Å². The van der Waals surface area contributed by atoms with Gasteiger partial charge in [-0.2, -0.15) is 9.97 Å². The zero-order valence-corrected chi connectivity index (χ0v) is 13.7. The molecule has 0 aliphatic carbocycles. The van der Waals surface area contributed by atoms with Gasteiger partial charge in [0.15, 0.2) is 22.1 Å². The minimum atomic E-state index is 0.164. The monoisotopic (exact) mass is 345 g/mol. The van der Waals surface area contributed by atoms with E-state index in [2.05, 4.69) is 19.9 Å². The summed E-state index contributed by atoms with van der Waals surface area (Å²) in [5.74, 6) is 0.735. The third-order valence-electron chi connectivity index (χ3n) is 3.90. The van der Waals surface area contributed by atoms with Crippen LogP contribution in [0.15, 0.2) is 30.3 Å². The van der Waals surface area contributed by atoms with E-state index in [1.165, 1.54) is 0 Å². The third-order valence-corrected chi connectivity index (χ3v) is 4.33. The molecule has 0 atom stereocenters. The van der Waals surface area contributed by atoms with Gasteiger partial charge in [0.1, 0.15) is 5.69 Å². The van der Waals surface area contributed by atoms with E-state index in [0.29, 0.717) is 22.0 Å². The largest absolute Gasteiger partial charge is 0.355 e. The predicted molar refractivity (Wildman–Crippen MR) is 92.0 cm³/mol. The van der Waals surface area contributed by atoms with Gasteiger partial charge in [0, 0.05) is 18.7 Å². The fourth-order valence-corrected chi connectivity index (χ4v) is 3.21. The zero-order valence-electron chi connectivity index (χ0n) is 12.2. The Kier molecular flexibility index (Phi) is 3.75. The quantitative estimate of drug-likeness (QED) is 0.657. The van der Waals surface area contributed by atoms with Gasteiger partial charge in [0.05, 0.1) is 0 Å². The smallest absolute Gasteiger partial charge is 0.226 e. The van der Waals surface area contributed by atoms with E-state index in [-0.39, 0.29) is 5.28 Å². The molecule has 1 saturated heterocycles. The first-order chi connectivity index (χ1) is 11.2. The Bertz CT molecular complexity index is 863. The maximum absolute atomic E-state index is 6.31. The summed E-state index contributed by atoms with van der Waals surface area (Å²) >= 11 is 12.4. The van der Waals surface area contributed by atoms with E-state index < -0.39 is 0 Å². The van der Waals surface area contributed by atoms with Gasteiger partial charge in [-0.3, -0.25) is 0 Å². The van der Waals surface area contributed by atoms with Gasteiger partial charge in [0.2, 0.25) is 5.28 Å². The molecular formula is C16H13Cl2N5. The molecule has 116 valence electrons. The summed E-state index contributed by atoms with van der Waals surface area (Å²) in [7, 11) is 0. The Hall–Kier alpha value is -1.98. The molecule has 0 unspecified atom stereocenters. The fraction of sp³-hybridized carbons (Fsp3) is 0.250. The number of halogens is 2. The molecule has 0 radical (unpaired) electrons. The summed E-state index contributed by atoms with van der Waals surface area (Å²) in [5, 5.41) is 0.475. The average molecular weight is 346 g/mol. The molecule has 0 saturated carbocycles. The molecule has 4 rings (SSSR count). The summed E-state index contributed by atoms with van der Waals surface area (Å²) in [4.78, 5) is 19.8. The normalized spacial score (nSPS) is 14.6. The van der Waals surface area contributed by atoms with Crippen LogP contribution in [-0.4, -0.2) is 33.0 Å². The van der Waals surface area contributed by atoms with Crippen LogP contribution in [0.25, 0.3) is 22.4 Å². The molecular weight excluding hydrogens is 333 g/mol. The first-order valence-corrected chi connectivity index (χ1v) is 8.19. The van der Waals surface area contributed by atoms with E-state index in [1.807, 2.05) is 30.3 Å². The average Bonchev–Trinajstić information content (AvgIpc) is 3.08. The summed E-state index contributed by atoms with van der Waals surface area (Å²) in [6.45, 7) is 1.88. The number of anilines is 1. The first kappa shape index (κ1) is 14.6. The summed E-state index contributed by atoms with van der Waals surface area (Å²) in [5.41, 5.74) is 2.61. The van der Waals surface area contributed by atoms with E-state index >= 15 is 0 Å². The van der Waals surface area contributed by atoms with Crippen molar-refractivity contribution in [3.8, 4) is 11.3 Å². The molecule has 5 nitrogen and oxygen atoms in total. The molecule has 7 heteroatoms. The summed E-state index contributed by atoms with van der Waals surface area (Å²) in [6.07, 6.45) is 2.27. The van der Waals surface area contributed by atoms with Crippen molar-refractivity contribution in [3.05, 3.63) is 40.8 Å². The molecule has 1 aromatic carbocycles. The number of aromatic nitrogens is 4. The maximum Gasteiger partial charge on any atom is 0.226 e. The number of hydrogen-bond acceptors (Lipinski definition) is 5. The van der Waals surface area contributed by atoms with Crippen molar-refractivity contribution >= 4 is 40.2 Å². The van der Waals surface area contributed by atoms with Gasteiger partial charge < -0.3 is 4.90 Å². The van der Waals surface area contributed by atoms with Crippen molar-refractivity contribution < 1.29 is 0 Å². The number of nitrogens with zero attached hydrogens (tertiary/aromatic N) is 5. The SMILES string of the molecule is Clc1nc(N2CCCC2)c2nc(-c3ccccc3)c(Cl)nc2n1. The predicted octanol–water partition coefficient (Wildman–Crippen LogP) is 3.99. The number of fused-ring (bicyclic) bond motifs is 1. The van der Waals surface area contributed by atoms with Crippen LogP contribution in [0, 0.1) is 0 Å². The van der Waals surface area contributed by atoms with E-state index in [0.717, 1.165) is 37.3 Å². The Morgan fingerprint density at radius 3 is 2.35 bits per heavy atom. The van der Waals surface area contributed by atoms with Crippen LogP contribution in [0.3, 0.4) is 0 Å². The van der Waals surface area contributed by atoms with Gasteiger partial charge in [0.25, 0.3) is 0 Å². The van der Waals surface area contributed by atoms with Crippen molar-refractivity contribution in [1.82, 2.24) is 19.9 Å². The molecule has 23 heavy (non-hydrogen) atoms. The fourth-order valence-electron chi connectivity index (χ4n) is 2.82. The van der Waals surface area contributed by atoms with E-state index in [9.17, 15) is 0 Å². The lowest BCUT2D eigenvalue weighted by Gasteiger charge is -2.18. The molecule has 0 amide bonds. The van der Waals surface area contributed by atoms with Crippen LogP contribution in [0.5, 0.6) is 0 Å². The summed E-state index contributed by atoms with van der Waals surface area (Å²) < 4.78 is 0. The summed E-state index contributed by atoms with van der Waals surface area (Å²) in [6, 6.07) is 9.74. The molecule has 3 heterocycles. The Morgan fingerprint density at radius 2 is 1.61 bits per heavy atom. The second-order valence-electron chi connectivity index (χ2n) is 5.41. The number of benzene rings is 1. The van der Waals surface area contributed by atoms with Crippen LogP contribution >= 0.6 is 23.2 Å². The molecule has 1 fully saturated rings. The van der Waals surface area contributed by atoms with Crippen LogP contribution in [0.4, 0.5) is 5.82 Å². The minimum Gasteiger partial charge on any atom is -0.355 e. The van der Waals surface area contributed by atoms with E-state index in [4.69, 9.17) is 28.2 Å². The number of rotatable bonds is 2. The van der Waals surface area contributed by atoms with Crippen molar-refractivity contribution in [2.75, 3.05) is 18.0 Å². The van der Waals surface area contributed by atoms with E-state index in [1.54, 1.807) is 0 Å². The van der Waals surface area contributed by atoms with Crippen LogP contribution in [0.1, 0.15) is 12.8 Å². The molecule has 1 aliphatic heterocycles. The highest BCUT2D eigenvalue weighted by molar-refractivity contribution is 6.32. The lowest BCUT2D eigenvalue weighted by atomic mass is 10.1. The molecule has 1 aliphatic rings. The Morgan fingerprint density at radius 1 is 0.870 bits per heavy atom. The van der Waals surface area contributed by atoms with Crippen LogP contribution in [0.2, 0.25) is 10.4 Å². The van der Waals surface area contributed by atoms with Gasteiger partial charge in [-0.05, 0) is 24.4 Å².